The fraction of sp³-hybridized carbons (Fsp3) is 0.417. The van der Waals surface area contributed by atoms with Crippen LogP contribution in [0, 0.1) is 0 Å². The number of rotatable bonds is 6. The molecule has 0 bridgehead atoms. The average Bonchev–Trinajstić information content (AvgIpc) is 2.98. The highest BCUT2D eigenvalue weighted by atomic mass is 79.9. The van der Waals surface area contributed by atoms with E-state index in [1.165, 1.54) is 36.8 Å². The van der Waals surface area contributed by atoms with Crippen LogP contribution in [-0.4, -0.2) is 26.4 Å². The molecule has 2 atom stereocenters. The van der Waals surface area contributed by atoms with Crippen LogP contribution < -0.4 is 0 Å². The van der Waals surface area contributed by atoms with Gasteiger partial charge in [-0.2, -0.15) is 0 Å². The predicted molar refractivity (Wildman–Crippen MR) is 139 cm³/mol. The number of nitrogens with zero attached hydrogens (tertiary/aromatic N) is 2. The number of halogens is 3. The first-order valence-corrected chi connectivity index (χ1v) is 14.8. The largest absolute Gasteiger partial charge is 0.235 e. The molecular weight excluding hydrogens is 544 g/mol. The summed E-state index contributed by atoms with van der Waals surface area (Å²) in [7, 11) is 6.07. The molecule has 0 N–H and O–H groups in total. The summed E-state index contributed by atoms with van der Waals surface area (Å²) in [5.74, 6) is 0.908. The quantitative estimate of drug-likeness (QED) is 0.322. The molecule has 1 aliphatic heterocycles. The minimum Gasteiger partial charge on any atom is -0.235 e. The van der Waals surface area contributed by atoms with E-state index in [1.807, 2.05) is 0 Å². The lowest BCUT2D eigenvalue weighted by atomic mass is 9.90. The van der Waals surface area contributed by atoms with Crippen molar-refractivity contribution in [2.45, 2.75) is 57.8 Å². The van der Waals surface area contributed by atoms with E-state index in [9.17, 15) is 0 Å². The first-order chi connectivity index (χ1) is 14.5. The fourth-order valence-corrected chi connectivity index (χ4v) is 9.45. The molecule has 2 nitrogen and oxygen atoms in total. The van der Waals surface area contributed by atoms with E-state index in [0.717, 1.165) is 27.8 Å². The number of benzene rings is 2. The summed E-state index contributed by atoms with van der Waals surface area (Å²) < 4.78 is 7.58. The lowest BCUT2D eigenvalue weighted by Crippen LogP contribution is -2.39. The number of hydrogen-bond donors (Lipinski definition) is 0. The predicted octanol–water partition coefficient (Wildman–Crippen LogP) is 8.21. The molecule has 0 spiro atoms. The van der Waals surface area contributed by atoms with Crippen molar-refractivity contribution < 1.29 is 0 Å². The van der Waals surface area contributed by atoms with E-state index in [2.05, 4.69) is 108 Å². The third-order valence-corrected chi connectivity index (χ3v) is 11.6. The standard InChI is InChI=1S/C24H29Br2ClN2S/c1-2-3-16-30(27)28(17-19-8-12-21(25)13-9-19)23-6-4-5-7-24(23)29(30)18-20-10-14-22(26)15-11-20/h2-3,8-15,23-24H,4-7,16-18H2,1H3/b3-2+/t23-,24-/m0/s1. The molecule has 2 aliphatic rings. The Morgan fingerprint density at radius 2 is 1.30 bits per heavy atom. The Bertz CT molecular complexity index is 808. The van der Waals surface area contributed by atoms with Crippen LogP contribution in [0.15, 0.2) is 69.6 Å². The summed E-state index contributed by atoms with van der Waals surface area (Å²) in [6.45, 7) is 3.93. The Morgan fingerprint density at radius 1 is 0.867 bits per heavy atom. The minimum absolute atomic E-state index is 0.538. The lowest BCUT2D eigenvalue weighted by molar-refractivity contribution is 0.197. The zero-order valence-corrected chi connectivity index (χ0v) is 22.1. The molecule has 1 saturated heterocycles. The molecule has 6 heteroatoms. The van der Waals surface area contributed by atoms with Crippen LogP contribution in [0.3, 0.4) is 0 Å². The van der Waals surface area contributed by atoms with Crippen molar-refractivity contribution in [2.24, 2.45) is 0 Å². The van der Waals surface area contributed by atoms with Gasteiger partial charge in [-0.1, -0.05) is 81.1 Å². The van der Waals surface area contributed by atoms with Gasteiger partial charge in [0.15, 0.2) is 0 Å². The SMILES string of the molecule is C/C=C/CS1(Cl)N(Cc2ccc(Br)cc2)[C@H]2CCCC[C@@H]2N1Cc1ccc(Br)cc1. The van der Waals surface area contributed by atoms with Gasteiger partial charge in [0.05, 0.1) is 0 Å². The molecular formula is C24H29Br2ClN2S. The summed E-state index contributed by atoms with van der Waals surface area (Å²) in [5, 5.41) is 0. The zero-order valence-electron chi connectivity index (χ0n) is 17.3. The zero-order chi connectivity index (χ0) is 21.1. The summed E-state index contributed by atoms with van der Waals surface area (Å²) >= 11 is 7.13. The fourth-order valence-electron chi connectivity index (χ4n) is 4.70. The molecule has 1 aliphatic carbocycles. The van der Waals surface area contributed by atoms with Crippen LogP contribution in [-0.2, 0) is 13.1 Å². The normalized spacial score (nSPS) is 25.5. The second-order valence-electron chi connectivity index (χ2n) is 8.15. The Balaban J connectivity index is 1.69. The molecule has 30 heavy (non-hydrogen) atoms. The summed E-state index contributed by atoms with van der Waals surface area (Å²) in [6.07, 6.45) is 9.52. The molecule has 2 aromatic rings. The summed E-state index contributed by atoms with van der Waals surface area (Å²) in [6, 6.07) is 18.5. The molecule has 162 valence electrons. The molecule has 0 aromatic heterocycles. The summed E-state index contributed by atoms with van der Waals surface area (Å²) in [5.41, 5.74) is 2.68. The first-order valence-electron chi connectivity index (χ1n) is 10.7. The summed E-state index contributed by atoms with van der Waals surface area (Å²) in [4.78, 5) is 0. The van der Waals surface area contributed by atoms with Gasteiger partial charge in [-0.05, 0) is 75.5 Å². The molecule has 0 unspecified atom stereocenters. The van der Waals surface area contributed by atoms with Gasteiger partial charge in [0.2, 0.25) is 0 Å². The molecule has 2 aromatic carbocycles. The van der Waals surface area contributed by atoms with Crippen LogP contribution in [0.1, 0.15) is 43.7 Å². The van der Waals surface area contributed by atoms with Gasteiger partial charge in [-0.25, -0.2) is 8.61 Å². The smallest absolute Gasteiger partial charge is 0.0378 e. The molecule has 1 heterocycles. The molecule has 2 fully saturated rings. The maximum Gasteiger partial charge on any atom is 0.0378 e. The molecule has 0 radical (unpaired) electrons. The van der Waals surface area contributed by atoms with E-state index >= 15 is 0 Å². The maximum atomic E-state index is 7.68. The van der Waals surface area contributed by atoms with Crippen LogP contribution in [0.5, 0.6) is 0 Å². The van der Waals surface area contributed by atoms with E-state index < -0.39 is 9.61 Å². The van der Waals surface area contributed by atoms with Crippen LogP contribution in [0.4, 0.5) is 0 Å². The van der Waals surface area contributed by atoms with Gasteiger partial charge >= 0.3 is 0 Å². The number of allylic oxidation sites excluding steroid dienone is 1. The van der Waals surface area contributed by atoms with E-state index in [4.69, 9.17) is 10.7 Å². The van der Waals surface area contributed by atoms with E-state index in [-0.39, 0.29) is 0 Å². The van der Waals surface area contributed by atoms with Crippen molar-refractivity contribution in [1.29, 1.82) is 0 Å². The second-order valence-corrected chi connectivity index (χ2v) is 13.9. The average molecular weight is 573 g/mol. The Morgan fingerprint density at radius 3 is 1.70 bits per heavy atom. The van der Waals surface area contributed by atoms with Crippen molar-refractivity contribution in [1.82, 2.24) is 8.61 Å². The van der Waals surface area contributed by atoms with Gasteiger partial charge in [0, 0.05) is 39.9 Å². The van der Waals surface area contributed by atoms with Crippen molar-refractivity contribution in [3.05, 3.63) is 80.8 Å². The Kier molecular flexibility index (Phi) is 7.70. The topological polar surface area (TPSA) is 6.48 Å². The van der Waals surface area contributed by atoms with Crippen molar-refractivity contribution in [3.8, 4) is 0 Å². The minimum atomic E-state index is -1.62. The third kappa shape index (κ3) is 4.87. The highest BCUT2D eigenvalue weighted by Crippen LogP contribution is 2.68. The van der Waals surface area contributed by atoms with Gasteiger partial charge in [0.1, 0.15) is 0 Å². The van der Waals surface area contributed by atoms with Crippen LogP contribution >= 0.6 is 52.2 Å². The maximum absolute atomic E-state index is 7.68. The van der Waals surface area contributed by atoms with Crippen LogP contribution in [0.25, 0.3) is 0 Å². The van der Waals surface area contributed by atoms with E-state index in [0.29, 0.717) is 12.1 Å². The highest BCUT2D eigenvalue weighted by molar-refractivity contribution is 9.10. The number of fused-ring (bicyclic) bond motifs is 1. The van der Waals surface area contributed by atoms with E-state index in [1.54, 1.807) is 0 Å². The first kappa shape index (κ1) is 22.9. The third-order valence-electron chi connectivity index (χ3n) is 6.20. The van der Waals surface area contributed by atoms with Crippen molar-refractivity contribution in [2.75, 3.05) is 5.75 Å². The lowest BCUT2D eigenvalue weighted by Gasteiger charge is -2.44. The van der Waals surface area contributed by atoms with Crippen LogP contribution in [0.2, 0.25) is 0 Å². The van der Waals surface area contributed by atoms with Gasteiger partial charge in [-0.3, -0.25) is 0 Å². The highest BCUT2D eigenvalue weighted by Gasteiger charge is 2.53. The van der Waals surface area contributed by atoms with Gasteiger partial charge < -0.3 is 0 Å². The van der Waals surface area contributed by atoms with Crippen molar-refractivity contribution in [3.63, 3.8) is 0 Å². The Labute approximate surface area is 204 Å². The van der Waals surface area contributed by atoms with Crippen molar-refractivity contribution >= 4 is 52.2 Å². The number of hydrogen-bond acceptors (Lipinski definition) is 2. The van der Waals surface area contributed by atoms with Gasteiger partial charge in [-0.15, -0.1) is 0 Å². The molecule has 4 rings (SSSR count). The van der Waals surface area contributed by atoms with Gasteiger partial charge in [0.25, 0.3) is 0 Å². The second kappa shape index (κ2) is 10.1. The monoisotopic (exact) mass is 570 g/mol. The molecule has 1 saturated carbocycles. The Hall–Kier alpha value is -0.300. The molecule has 0 amide bonds.